The Labute approximate surface area is 138 Å². The van der Waals surface area contributed by atoms with Crippen LogP contribution in [-0.4, -0.2) is 31.2 Å². The minimum Gasteiger partial charge on any atom is -0.465 e. The summed E-state index contributed by atoms with van der Waals surface area (Å²) in [4.78, 5) is 24.7. The Bertz CT molecular complexity index is 499. The van der Waals surface area contributed by atoms with E-state index in [9.17, 15) is 9.59 Å². The SMILES string of the molecule is CC(C)COC(=O)[C@H](c1ccccc1)[C@@H]([NH3+])C(=O)OCC(C)C. The van der Waals surface area contributed by atoms with Gasteiger partial charge >= 0.3 is 11.9 Å². The highest BCUT2D eigenvalue weighted by Gasteiger charge is 2.38. The molecule has 0 unspecified atom stereocenters. The molecular formula is C18H28NO4+. The molecule has 0 aromatic heterocycles. The Morgan fingerprint density at radius 2 is 1.39 bits per heavy atom. The molecule has 128 valence electrons. The average molecular weight is 322 g/mol. The molecular weight excluding hydrogens is 294 g/mol. The van der Waals surface area contributed by atoms with Gasteiger partial charge in [0.1, 0.15) is 5.92 Å². The summed E-state index contributed by atoms with van der Waals surface area (Å²) in [5.74, 6) is -1.21. The third-order valence-electron chi connectivity index (χ3n) is 3.24. The fourth-order valence-corrected chi connectivity index (χ4v) is 2.02. The lowest BCUT2D eigenvalue weighted by atomic mass is 9.92. The van der Waals surface area contributed by atoms with Crippen LogP contribution >= 0.6 is 0 Å². The van der Waals surface area contributed by atoms with E-state index in [1.54, 1.807) is 12.1 Å². The lowest BCUT2D eigenvalue weighted by Gasteiger charge is -2.20. The molecule has 0 bridgehead atoms. The van der Waals surface area contributed by atoms with Gasteiger partial charge < -0.3 is 15.2 Å². The number of benzene rings is 1. The Kier molecular flexibility index (Phi) is 7.75. The van der Waals surface area contributed by atoms with Crippen LogP contribution in [0.5, 0.6) is 0 Å². The van der Waals surface area contributed by atoms with Gasteiger partial charge in [-0.25, -0.2) is 4.79 Å². The zero-order valence-corrected chi connectivity index (χ0v) is 14.5. The second-order valence-corrected chi connectivity index (χ2v) is 6.54. The molecule has 23 heavy (non-hydrogen) atoms. The van der Waals surface area contributed by atoms with Crippen molar-refractivity contribution in [2.24, 2.45) is 11.8 Å². The van der Waals surface area contributed by atoms with E-state index >= 15 is 0 Å². The van der Waals surface area contributed by atoms with Crippen molar-refractivity contribution in [2.45, 2.75) is 39.7 Å². The maximum Gasteiger partial charge on any atom is 0.366 e. The van der Waals surface area contributed by atoms with Crippen LogP contribution in [0.3, 0.4) is 0 Å². The minimum atomic E-state index is -0.837. The number of rotatable bonds is 8. The van der Waals surface area contributed by atoms with Gasteiger partial charge in [-0.05, 0) is 17.4 Å². The fourth-order valence-electron chi connectivity index (χ4n) is 2.02. The normalized spacial score (nSPS) is 13.7. The van der Waals surface area contributed by atoms with E-state index in [-0.39, 0.29) is 11.8 Å². The summed E-state index contributed by atoms with van der Waals surface area (Å²) in [7, 11) is 0. The monoisotopic (exact) mass is 322 g/mol. The predicted molar refractivity (Wildman–Crippen MR) is 87.5 cm³/mol. The topological polar surface area (TPSA) is 80.2 Å². The smallest absolute Gasteiger partial charge is 0.366 e. The van der Waals surface area contributed by atoms with E-state index in [4.69, 9.17) is 9.47 Å². The molecule has 0 saturated heterocycles. The van der Waals surface area contributed by atoms with Gasteiger partial charge in [-0.15, -0.1) is 0 Å². The summed E-state index contributed by atoms with van der Waals surface area (Å²) in [6, 6.07) is 8.27. The Hall–Kier alpha value is -1.88. The van der Waals surface area contributed by atoms with Crippen molar-refractivity contribution in [1.82, 2.24) is 0 Å². The Morgan fingerprint density at radius 3 is 1.87 bits per heavy atom. The number of esters is 2. The molecule has 0 aliphatic heterocycles. The number of carbonyl (C=O) groups is 2. The molecule has 1 rings (SSSR count). The van der Waals surface area contributed by atoms with Gasteiger partial charge in [0.2, 0.25) is 6.04 Å². The molecule has 1 aromatic rings. The molecule has 0 aliphatic rings. The summed E-state index contributed by atoms with van der Waals surface area (Å²) in [6.07, 6.45) is 0. The first-order valence-corrected chi connectivity index (χ1v) is 8.04. The highest BCUT2D eigenvalue weighted by atomic mass is 16.5. The zero-order valence-electron chi connectivity index (χ0n) is 14.5. The van der Waals surface area contributed by atoms with Crippen LogP contribution in [-0.2, 0) is 19.1 Å². The first kappa shape index (κ1) is 19.2. The van der Waals surface area contributed by atoms with Crippen molar-refractivity contribution in [3.63, 3.8) is 0 Å². The highest BCUT2D eigenvalue weighted by molar-refractivity contribution is 5.87. The quantitative estimate of drug-likeness (QED) is 0.740. The van der Waals surface area contributed by atoms with Crippen LogP contribution in [0.1, 0.15) is 39.2 Å². The van der Waals surface area contributed by atoms with Crippen LogP contribution in [0.4, 0.5) is 0 Å². The fraction of sp³-hybridized carbons (Fsp3) is 0.556. The number of ether oxygens (including phenoxy) is 2. The van der Waals surface area contributed by atoms with Crippen molar-refractivity contribution in [2.75, 3.05) is 13.2 Å². The molecule has 0 fully saturated rings. The minimum absolute atomic E-state index is 0.228. The molecule has 1 aromatic carbocycles. The summed E-state index contributed by atoms with van der Waals surface area (Å²) < 4.78 is 10.6. The van der Waals surface area contributed by atoms with Gasteiger partial charge in [-0.3, -0.25) is 4.79 Å². The van der Waals surface area contributed by atoms with Gasteiger partial charge in [-0.1, -0.05) is 58.0 Å². The number of hydrogen-bond acceptors (Lipinski definition) is 4. The molecule has 5 nitrogen and oxygen atoms in total. The van der Waals surface area contributed by atoms with Crippen LogP contribution in [0.15, 0.2) is 30.3 Å². The van der Waals surface area contributed by atoms with Crippen molar-refractivity contribution in [3.8, 4) is 0 Å². The summed E-state index contributed by atoms with van der Waals surface area (Å²) in [6.45, 7) is 8.46. The van der Waals surface area contributed by atoms with Crippen LogP contribution < -0.4 is 5.73 Å². The number of quaternary nitrogens is 1. The molecule has 2 atom stereocenters. The summed E-state index contributed by atoms with van der Waals surface area (Å²) >= 11 is 0. The average Bonchev–Trinajstić information content (AvgIpc) is 2.51. The van der Waals surface area contributed by atoms with E-state index in [1.807, 2.05) is 45.9 Å². The van der Waals surface area contributed by atoms with Gasteiger partial charge in [0.15, 0.2) is 0 Å². The van der Waals surface area contributed by atoms with Crippen molar-refractivity contribution in [1.29, 1.82) is 0 Å². The Morgan fingerprint density at radius 1 is 0.913 bits per heavy atom. The maximum absolute atomic E-state index is 12.5. The molecule has 0 radical (unpaired) electrons. The van der Waals surface area contributed by atoms with Crippen LogP contribution in [0.2, 0.25) is 0 Å². The largest absolute Gasteiger partial charge is 0.465 e. The standard InChI is InChI=1S/C18H27NO4/c1-12(2)10-22-17(20)15(14-8-6-5-7-9-14)16(19)18(21)23-11-13(3)4/h5-9,12-13,15-16H,10-11,19H2,1-4H3/p+1/t15-,16-/m1/s1. The van der Waals surface area contributed by atoms with Crippen LogP contribution in [0, 0.1) is 11.8 Å². The molecule has 3 N–H and O–H groups in total. The second-order valence-electron chi connectivity index (χ2n) is 6.54. The third-order valence-corrected chi connectivity index (χ3v) is 3.24. The van der Waals surface area contributed by atoms with Gasteiger partial charge in [0.05, 0.1) is 13.2 Å². The van der Waals surface area contributed by atoms with E-state index in [0.717, 1.165) is 0 Å². The van der Waals surface area contributed by atoms with Crippen molar-refractivity contribution in [3.05, 3.63) is 35.9 Å². The maximum atomic E-state index is 12.5. The molecule has 0 amide bonds. The number of hydrogen-bond donors (Lipinski definition) is 1. The summed E-state index contributed by atoms with van der Waals surface area (Å²) in [5.41, 5.74) is 4.58. The molecule has 0 heterocycles. The first-order chi connectivity index (χ1) is 10.8. The molecule has 0 aliphatic carbocycles. The zero-order chi connectivity index (χ0) is 17.4. The first-order valence-electron chi connectivity index (χ1n) is 8.04. The molecule has 0 spiro atoms. The van der Waals surface area contributed by atoms with Gasteiger partial charge in [0, 0.05) is 0 Å². The van der Waals surface area contributed by atoms with Crippen molar-refractivity contribution >= 4 is 11.9 Å². The van der Waals surface area contributed by atoms with E-state index < -0.39 is 23.9 Å². The Balaban J connectivity index is 2.90. The predicted octanol–water partition coefficient (Wildman–Crippen LogP) is 1.78. The van der Waals surface area contributed by atoms with E-state index in [0.29, 0.717) is 18.8 Å². The van der Waals surface area contributed by atoms with Gasteiger partial charge in [-0.2, -0.15) is 0 Å². The number of carbonyl (C=O) groups excluding carboxylic acids is 2. The lowest BCUT2D eigenvalue weighted by Crippen LogP contribution is -2.69. The molecule has 5 heteroatoms. The van der Waals surface area contributed by atoms with E-state index in [2.05, 4.69) is 5.73 Å². The van der Waals surface area contributed by atoms with E-state index in [1.165, 1.54) is 0 Å². The lowest BCUT2D eigenvalue weighted by molar-refractivity contribution is -0.412. The second kappa shape index (κ2) is 9.30. The van der Waals surface area contributed by atoms with Gasteiger partial charge in [0.25, 0.3) is 0 Å². The summed E-state index contributed by atoms with van der Waals surface area (Å²) in [5, 5.41) is 0. The highest BCUT2D eigenvalue weighted by Crippen LogP contribution is 2.21. The molecule has 0 saturated carbocycles. The van der Waals surface area contributed by atoms with Crippen molar-refractivity contribution < 1.29 is 24.8 Å². The van der Waals surface area contributed by atoms with Crippen LogP contribution in [0.25, 0.3) is 0 Å². The third kappa shape index (κ3) is 6.40.